The van der Waals surface area contributed by atoms with Crippen LogP contribution in [0.15, 0.2) is 30.3 Å². The Morgan fingerprint density at radius 1 is 1.25 bits per heavy atom. The molecule has 1 aromatic carbocycles. The molecule has 3 amide bonds. The highest BCUT2D eigenvalue weighted by Gasteiger charge is 2.30. The van der Waals surface area contributed by atoms with Gasteiger partial charge in [0.2, 0.25) is 5.91 Å². The van der Waals surface area contributed by atoms with E-state index in [0.717, 1.165) is 31.5 Å². The van der Waals surface area contributed by atoms with Crippen molar-refractivity contribution < 1.29 is 9.59 Å². The average molecular weight is 275 g/mol. The Morgan fingerprint density at radius 2 is 1.85 bits per heavy atom. The number of benzene rings is 1. The number of piperidine rings is 1. The third-order valence-corrected chi connectivity index (χ3v) is 3.79. The van der Waals surface area contributed by atoms with E-state index in [-0.39, 0.29) is 5.91 Å². The van der Waals surface area contributed by atoms with E-state index in [4.69, 9.17) is 5.73 Å². The predicted octanol–water partition coefficient (Wildman–Crippen LogP) is 1.65. The first-order valence-corrected chi connectivity index (χ1v) is 6.97. The van der Waals surface area contributed by atoms with Crippen LogP contribution in [0, 0.1) is 5.92 Å². The number of amides is 3. The van der Waals surface area contributed by atoms with Crippen molar-refractivity contribution in [2.45, 2.75) is 25.8 Å². The normalized spacial score (nSPS) is 18.4. The van der Waals surface area contributed by atoms with Gasteiger partial charge in [-0.25, -0.2) is 4.79 Å². The molecule has 1 heterocycles. The molecule has 0 bridgehead atoms. The summed E-state index contributed by atoms with van der Waals surface area (Å²) in [6.45, 7) is 3.93. The summed E-state index contributed by atoms with van der Waals surface area (Å²) in [4.78, 5) is 25.4. The van der Waals surface area contributed by atoms with Crippen LogP contribution in [0.1, 0.15) is 31.4 Å². The van der Waals surface area contributed by atoms with E-state index in [1.165, 1.54) is 0 Å². The van der Waals surface area contributed by atoms with E-state index in [1.54, 1.807) is 0 Å². The van der Waals surface area contributed by atoms with Crippen molar-refractivity contribution >= 4 is 11.9 Å². The first-order valence-electron chi connectivity index (χ1n) is 6.97. The topological polar surface area (TPSA) is 75.4 Å². The second-order valence-electron chi connectivity index (χ2n) is 5.39. The third-order valence-electron chi connectivity index (χ3n) is 3.79. The van der Waals surface area contributed by atoms with Gasteiger partial charge in [0.05, 0.1) is 0 Å². The van der Waals surface area contributed by atoms with Crippen LogP contribution in [-0.4, -0.2) is 29.9 Å². The molecule has 1 aliphatic rings. The molecule has 1 unspecified atom stereocenters. The number of urea groups is 1. The second-order valence-corrected chi connectivity index (χ2v) is 5.39. The molecular weight excluding hydrogens is 254 g/mol. The van der Waals surface area contributed by atoms with Crippen LogP contribution < -0.4 is 11.1 Å². The van der Waals surface area contributed by atoms with Crippen molar-refractivity contribution in [3.05, 3.63) is 35.9 Å². The highest BCUT2D eigenvalue weighted by molar-refractivity contribution is 5.96. The molecular formula is C15H21N3O2. The number of nitrogens with one attached hydrogen (secondary N) is 1. The molecule has 1 aromatic rings. The fourth-order valence-corrected chi connectivity index (χ4v) is 2.64. The lowest BCUT2D eigenvalue weighted by atomic mass is 9.95. The quantitative estimate of drug-likeness (QED) is 0.880. The standard InChI is InChI=1S/C15H21N3O2/c1-11-7-9-18(10-8-11)13(14(19)17-15(16)20)12-5-3-2-4-6-12/h2-6,11,13H,7-10H2,1H3,(H3,16,17,19,20). The smallest absolute Gasteiger partial charge is 0.318 e. The summed E-state index contributed by atoms with van der Waals surface area (Å²) in [5.41, 5.74) is 5.96. The minimum absolute atomic E-state index is 0.349. The van der Waals surface area contributed by atoms with Crippen molar-refractivity contribution in [2.24, 2.45) is 11.7 Å². The monoisotopic (exact) mass is 275 g/mol. The molecule has 1 fully saturated rings. The number of nitrogens with two attached hydrogens (primary N) is 1. The summed E-state index contributed by atoms with van der Waals surface area (Å²) in [6.07, 6.45) is 2.13. The molecule has 1 atom stereocenters. The van der Waals surface area contributed by atoms with E-state index in [0.29, 0.717) is 5.92 Å². The molecule has 20 heavy (non-hydrogen) atoms. The molecule has 5 heteroatoms. The first-order chi connectivity index (χ1) is 9.58. The van der Waals surface area contributed by atoms with Gasteiger partial charge < -0.3 is 5.73 Å². The summed E-state index contributed by atoms with van der Waals surface area (Å²) in [7, 11) is 0. The number of hydrogen-bond donors (Lipinski definition) is 2. The summed E-state index contributed by atoms with van der Waals surface area (Å²) in [6, 6.07) is 8.26. The summed E-state index contributed by atoms with van der Waals surface area (Å²) in [5, 5.41) is 2.21. The van der Waals surface area contributed by atoms with Gasteiger partial charge in [0.1, 0.15) is 6.04 Å². The van der Waals surface area contributed by atoms with Crippen LogP contribution in [-0.2, 0) is 4.79 Å². The van der Waals surface area contributed by atoms with Crippen LogP contribution in [0.2, 0.25) is 0 Å². The van der Waals surface area contributed by atoms with E-state index < -0.39 is 12.1 Å². The zero-order valence-electron chi connectivity index (χ0n) is 11.7. The van der Waals surface area contributed by atoms with Gasteiger partial charge in [-0.2, -0.15) is 0 Å². The Hall–Kier alpha value is -1.88. The molecule has 5 nitrogen and oxygen atoms in total. The lowest BCUT2D eigenvalue weighted by Crippen LogP contribution is -2.46. The Balaban J connectivity index is 2.20. The maximum Gasteiger partial charge on any atom is 0.318 e. The van der Waals surface area contributed by atoms with Crippen molar-refractivity contribution in [1.29, 1.82) is 0 Å². The van der Waals surface area contributed by atoms with Gasteiger partial charge >= 0.3 is 6.03 Å². The first kappa shape index (κ1) is 14.5. The molecule has 2 rings (SSSR count). The fraction of sp³-hybridized carbons (Fsp3) is 0.467. The number of primary amides is 1. The third kappa shape index (κ3) is 3.57. The summed E-state index contributed by atoms with van der Waals surface area (Å²) in [5.74, 6) is 0.333. The van der Waals surface area contributed by atoms with E-state index in [1.807, 2.05) is 30.3 Å². The lowest BCUT2D eigenvalue weighted by molar-refractivity contribution is -0.126. The van der Waals surface area contributed by atoms with Gasteiger partial charge in [-0.1, -0.05) is 37.3 Å². The Kier molecular flexibility index (Phi) is 4.74. The van der Waals surface area contributed by atoms with Crippen molar-refractivity contribution in [2.75, 3.05) is 13.1 Å². The molecule has 0 radical (unpaired) electrons. The zero-order chi connectivity index (χ0) is 14.5. The van der Waals surface area contributed by atoms with Crippen LogP contribution >= 0.6 is 0 Å². The maximum absolute atomic E-state index is 12.3. The van der Waals surface area contributed by atoms with Gasteiger partial charge in [-0.05, 0) is 37.4 Å². The van der Waals surface area contributed by atoms with Gasteiger partial charge in [-0.15, -0.1) is 0 Å². The molecule has 1 saturated heterocycles. The minimum Gasteiger partial charge on any atom is -0.351 e. The molecule has 0 spiro atoms. The molecule has 0 aliphatic carbocycles. The van der Waals surface area contributed by atoms with Crippen LogP contribution in [0.3, 0.4) is 0 Å². The SMILES string of the molecule is CC1CCN(C(C(=O)NC(N)=O)c2ccccc2)CC1. The van der Waals surface area contributed by atoms with Crippen molar-refractivity contribution in [1.82, 2.24) is 10.2 Å². The number of carbonyl (C=O) groups excluding carboxylic acids is 2. The highest BCUT2D eigenvalue weighted by atomic mass is 16.2. The van der Waals surface area contributed by atoms with Gasteiger partial charge in [0.15, 0.2) is 0 Å². The number of carbonyl (C=O) groups is 2. The highest BCUT2D eigenvalue weighted by Crippen LogP contribution is 2.26. The minimum atomic E-state index is -0.804. The summed E-state index contributed by atoms with van der Waals surface area (Å²) < 4.78 is 0. The fourth-order valence-electron chi connectivity index (χ4n) is 2.64. The van der Waals surface area contributed by atoms with Gasteiger partial charge in [0.25, 0.3) is 0 Å². The molecule has 108 valence electrons. The molecule has 0 saturated carbocycles. The number of rotatable bonds is 3. The molecule has 0 aromatic heterocycles. The molecule has 3 N–H and O–H groups in total. The zero-order valence-corrected chi connectivity index (χ0v) is 11.7. The maximum atomic E-state index is 12.3. The number of nitrogens with zero attached hydrogens (tertiary/aromatic N) is 1. The number of imide groups is 1. The Bertz CT molecular complexity index is 467. The van der Waals surface area contributed by atoms with Crippen LogP contribution in [0.25, 0.3) is 0 Å². The average Bonchev–Trinajstić information content (AvgIpc) is 2.42. The van der Waals surface area contributed by atoms with E-state index in [2.05, 4.69) is 17.1 Å². The largest absolute Gasteiger partial charge is 0.351 e. The van der Waals surface area contributed by atoms with Crippen LogP contribution in [0.5, 0.6) is 0 Å². The van der Waals surface area contributed by atoms with E-state index >= 15 is 0 Å². The summed E-state index contributed by atoms with van der Waals surface area (Å²) >= 11 is 0. The Labute approximate surface area is 119 Å². The Morgan fingerprint density at radius 3 is 2.40 bits per heavy atom. The van der Waals surface area contributed by atoms with Gasteiger partial charge in [0, 0.05) is 0 Å². The predicted molar refractivity (Wildman–Crippen MR) is 76.9 cm³/mol. The molecule has 1 aliphatic heterocycles. The second kappa shape index (κ2) is 6.52. The van der Waals surface area contributed by atoms with Gasteiger partial charge in [-0.3, -0.25) is 15.0 Å². The van der Waals surface area contributed by atoms with Crippen molar-refractivity contribution in [3.8, 4) is 0 Å². The van der Waals surface area contributed by atoms with Crippen molar-refractivity contribution in [3.63, 3.8) is 0 Å². The van der Waals surface area contributed by atoms with Crippen LogP contribution in [0.4, 0.5) is 4.79 Å². The number of likely N-dealkylation sites (tertiary alicyclic amines) is 1. The van der Waals surface area contributed by atoms with E-state index in [9.17, 15) is 9.59 Å². The lowest BCUT2D eigenvalue weighted by Gasteiger charge is -2.35. The number of hydrogen-bond acceptors (Lipinski definition) is 3.